The Hall–Kier alpha value is -1.01. The Balaban J connectivity index is 2.00. The zero-order valence-corrected chi connectivity index (χ0v) is 14.4. The molecule has 0 radical (unpaired) electrons. The maximum atomic E-state index is 6.03. The van der Waals surface area contributed by atoms with Crippen LogP contribution in [0.2, 0.25) is 0 Å². The number of nitrogens with one attached hydrogen (secondary N) is 1. The van der Waals surface area contributed by atoms with E-state index in [0.717, 1.165) is 30.3 Å². The maximum Gasteiger partial charge on any atom is 0.138 e. The number of nitrogen functional groups attached to an aromatic ring is 1. The lowest BCUT2D eigenvalue weighted by Gasteiger charge is -2.26. The largest absolute Gasteiger partial charge is 0.383 e. The van der Waals surface area contributed by atoms with Crippen LogP contribution >= 0.6 is 11.8 Å². The van der Waals surface area contributed by atoms with E-state index in [4.69, 9.17) is 5.73 Å². The third kappa shape index (κ3) is 4.48. The van der Waals surface area contributed by atoms with Gasteiger partial charge in [-0.3, -0.25) is 4.90 Å². The zero-order valence-electron chi connectivity index (χ0n) is 13.6. The van der Waals surface area contributed by atoms with Gasteiger partial charge in [0.2, 0.25) is 0 Å². The molecule has 0 amide bonds. The van der Waals surface area contributed by atoms with E-state index >= 15 is 0 Å². The molecular formula is C15H27N5S. The van der Waals surface area contributed by atoms with E-state index in [1.54, 1.807) is 0 Å². The van der Waals surface area contributed by atoms with E-state index in [0.29, 0.717) is 5.82 Å². The van der Waals surface area contributed by atoms with Gasteiger partial charge in [0.1, 0.15) is 17.5 Å². The topological polar surface area (TPSA) is 67.1 Å². The number of nitrogens with two attached hydrogens (primary N) is 1. The number of nitrogens with zero attached hydrogens (tertiary/aromatic N) is 3. The Kier molecular flexibility index (Phi) is 5.32. The average Bonchev–Trinajstić information content (AvgIpc) is 2.43. The van der Waals surface area contributed by atoms with Gasteiger partial charge >= 0.3 is 0 Å². The van der Waals surface area contributed by atoms with Gasteiger partial charge in [-0.1, -0.05) is 20.8 Å². The van der Waals surface area contributed by atoms with Crippen LogP contribution in [0.1, 0.15) is 32.2 Å². The van der Waals surface area contributed by atoms with Gasteiger partial charge in [-0.05, 0) is 6.92 Å². The molecule has 2 rings (SSSR count). The number of rotatable bonds is 4. The Bertz CT molecular complexity index is 478. The van der Waals surface area contributed by atoms with Crippen LogP contribution < -0.4 is 11.1 Å². The van der Waals surface area contributed by atoms with Crippen LogP contribution in [-0.4, -0.2) is 52.6 Å². The third-order valence-corrected chi connectivity index (χ3v) is 4.62. The number of hydrogen-bond donors (Lipinski definition) is 2. The Morgan fingerprint density at radius 1 is 1.24 bits per heavy atom. The predicted molar refractivity (Wildman–Crippen MR) is 92.1 cm³/mol. The second-order valence-electron chi connectivity index (χ2n) is 6.54. The first-order valence-corrected chi connectivity index (χ1v) is 8.72. The molecule has 0 spiro atoms. The summed E-state index contributed by atoms with van der Waals surface area (Å²) in [6, 6.07) is 0. The van der Waals surface area contributed by atoms with Crippen molar-refractivity contribution in [2.75, 3.05) is 48.7 Å². The van der Waals surface area contributed by atoms with E-state index in [9.17, 15) is 0 Å². The van der Waals surface area contributed by atoms with Gasteiger partial charge in [-0.15, -0.1) is 0 Å². The molecule has 0 aliphatic carbocycles. The molecule has 118 valence electrons. The fourth-order valence-corrected chi connectivity index (χ4v) is 3.18. The summed E-state index contributed by atoms with van der Waals surface area (Å²) in [5, 5.41) is 3.43. The zero-order chi connectivity index (χ0) is 15.5. The van der Waals surface area contributed by atoms with Crippen molar-refractivity contribution in [2.24, 2.45) is 0 Å². The van der Waals surface area contributed by atoms with Gasteiger partial charge in [-0.25, -0.2) is 9.97 Å². The van der Waals surface area contributed by atoms with Crippen LogP contribution in [0.15, 0.2) is 0 Å². The highest BCUT2D eigenvalue weighted by Gasteiger charge is 2.20. The molecule has 6 heteroatoms. The van der Waals surface area contributed by atoms with Crippen molar-refractivity contribution >= 4 is 23.4 Å². The summed E-state index contributed by atoms with van der Waals surface area (Å²) in [4.78, 5) is 11.6. The molecule has 21 heavy (non-hydrogen) atoms. The first-order valence-electron chi connectivity index (χ1n) is 7.56. The lowest BCUT2D eigenvalue weighted by molar-refractivity contribution is 0.314. The van der Waals surface area contributed by atoms with E-state index in [1.807, 2.05) is 18.7 Å². The molecule has 1 saturated heterocycles. The molecule has 1 aromatic rings. The van der Waals surface area contributed by atoms with Crippen molar-refractivity contribution in [3.8, 4) is 0 Å². The van der Waals surface area contributed by atoms with Gasteiger partial charge in [0.15, 0.2) is 0 Å². The smallest absolute Gasteiger partial charge is 0.138 e. The molecule has 5 nitrogen and oxygen atoms in total. The van der Waals surface area contributed by atoms with Crippen LogP contribution in [0.5, 0.6) is 0 Å². The summed E-state index contributed by atoms with van der Waals surface area (Å²) in [5.74, 6) is 4.73. The number of aromatic nitrogens is 2. The first kappa shape index (κ1) is 16.4. The monoisotopic (exact) mass is 309 g/mol. The summed E-state index contributed by atoms with van der Waals surface area (Å²) in [7, 11) is 0. The fourth-order valence-electron chi connectivity index (χ4n) is 2.20. The Morgan fingerprint density at radius 2 is 1.90 bits per heavy atom. The van der Waals surface area contributed by atoms with Crippen LogP contribution in [-0.2, 0) is 5.41 Å². The van der Waals surface area contributed by atoms with Crippen molar-refractivity contribution < 1.29 is 0 Å². The van der Waals surface area contributed by atoms with Crippen LogP contribution in [0.4, 0.5) is 11.6 Å². The highest BCUT2D eigenvalue weighted by atomic mass is 32.2. The minimum Gasteiger partial charge on any atom is -0.383 e. The minimum absolute atomic E-state index is 0.0949. The van der Waals surface area contributed by atoms with Crippen molar-refractivity contribution in [1.82, 2.24) is 14.9 Å². The molecule has 3 N–H and O–H groups in total. The molecule has 1 aromatic heterocycles. The molecule has 0 saturated carbocycles. The van der Waals surface area contributed by atoms with Crippen molar-refractivity contribution in [3.05, 3.63) is 11.4 Å². The van der Waals surface area contributed by atoms with Crippen molar-refractivity contribution in [3.63, 3.8) is 0 Å². The summed E-state index contributed by atoms with van der Waals surface area (Å²) in [5.41, 5.74) is 6.88. The van der Waals surface area contributed by atoms with Gasteiger partial charge in [0.25, 0.3) is 0 Å². The number of thioether (sulfide) groups is 1. The summed E-state index contributed by atoms with van der Waals surface area (Å²) in [6.07, 6.45) is 0. The molecule has 1 fully saturated rings. The number of anilines is 2. The van der Waals surface area contributed by atoms with Crippen molar-refractivity contribution in [2.45, 2.75) is 33.1 Å². The summed E-state index contributed by atoms with van der Waals surface area (Å²) < 4.78 is 0. The Labute approximate surface area is 132 Å². The Morgan fingerprint density at radius 3 is 2.52 bits per heavy atom. The first-order chi connectivity index (χ1) is 9.88. The lowest BCUT2D eigenvalue weighted by atomic mass is 9.95. The molecule has 1 aliphatic rings. The molecule has 1 aliphatic heterocycles. The summed E-state index contributed by atoms with van der Waals surface area (Å²) >= 11 is 2.04. The van der Waals surface area contributed by atoms with Gasteiger partial charge in [0, 0.05) is 48.7 Å². The third-order valence-electron chi connectivity index (χ3n) is 3.68. The lowest BCUT2D eigenvalue weighted by Crippen LogP contribution is -2.36. The second kappa shape index (κ2) is 6.83. The summed E-state index contributed by atoms with van der Waals surface area (Å²) in [6.45, 7) is 12.6. The van der Waals surface area contributed by atoms with Gasteiger partial charge in [-0.2, -0.15) is 11.8 Å². The van der Waals surface area contributed by atoms with E-state index in [2.05, 4.69) is 41.0 Å². The van der Waals surface area contributed by atoms with E-state index in [-0.39, 0.29) is 5.41 Å². The highest BCUT2D eigenvalue weighted by molar-refractivity contribution is 7.99. The standard InChI is InChI=1S/C15H27N5S/c1-11-12(16)18-14(15(2,3)4)19-13(11)17-5-6-20-7-9-21-10-8-20/h5-10H2,1-4H3,(H3,16,17,18,19). The molecule has 0 aromatic carbocycles. The van der Waals surface area contributed by atoms with Gasteiger partial charge in [0.05, 0.1) is 0 Å². The van der Waals surface area contributed by atoms with E-state index in [1.165, 1.54) is 24.6 Å². The van der Waals surface area contributed by atoms with Crippen molar-refractivity contribution in [1.29, 1.82) is 0 Å². The maximum absolute atomic E-state index is 6.03. The molecule has 0 bridgehead atoms. The quantitative estimate of drug-likeness (QED) is 0.888. The van der Waals surface area contributed by atoms with E-state index < -0.39 is 0 Å². The van der Waals surface area contributed by atoms with Crippen LogP contribution in [0, 0.1) is 6.92 Å². The van der Waals surface area contributed by atoms with Crippen LogP contribution in [0.3, 0.4) is 0 Å². The molecule has 0 unspecified atom stereocenters. The minimum atomic E-state index is -0.0949. The second-order valence-corrected chi connectivity index (χ2v) is 7.76. The fraction of sp³-hybridized carbons (Fsp3) is 0.733. The van der Waals surface area contributed by atoms with Gasteiger partial charge < -0.3 is 11.1 Å². The number of hydrogen-bond acceptors (Lipinski definition) is 6. The average molecular weight is 309 g/mol. The normalized spacial score (nSPS) is 17.0. The highest BCUT2D eigenvalue weighted by Crippen LogP contribution is 2.24. The van der Waals surface area contributed by atoms with Crippen LogP contribution in [0.25, 0.3) is 0 Å². The molecule has 0 atom stereocenters. The molecular weight excluding hydrogens is 282 g/mol. The predicted octanol–water partition coefficient (Wildman–Crippen LogP) is 2.13. The molecule has 2 heterocycles. The SMILES string of the molecule is Cc1c(N)nc(C(C)(C)C)nc1NCCN1CCSCC1.